The number of para-hydroxylation sites is 1. The van der Waals surface area contributed by atoms with Crippen LogP contribution in [0.1, 0.15) is 32.7 Å². The van der Waals surface area contributed by atoms with Gasteiger partial charge in [-0.05, 0) is 60.7 Å². The summed E-state index contributed by atoms with van der Waals surface area (Å²) in [6.07, 6.45) is -0.141. The van der Waals surface area contributed by atoms with Crippen molar-refractivity contribution in [2.75, 3.05) is 32.8 Å². The first kappa shape index (κ1) is 35.4. The molecule has 0 saturated carbocycles. The van der Waals surface area contributed by atoms with Gasteiger partial charge >= 0.3 is 5.97 Å². The number of methoxy groups -OCH3 is 3. The lowest BCUT2D eigenvalue weighted by Crippen LogP contribution is -2.31. The summed E-state index contributed by atoms with van der Waals surface area (Å²) in [6, 6.07) is 31.1. The molecule has 1 saturated heterocycles. The molecule has 4 aromatic carbocycles. The van der Waals surface area contributed by atoms with E-state index in [1.807, 2.05) is 30.3 Å². The summed E-state index contributed by atoms with van der Waals surface area (Å²) in [5.41, 5.74) is 3.34. The van der Waals surface area contributed by atoms with Crippen molar-refractivity contribution in [2.24, 2.45) is 0 Å². The fraction of sp³-hybridized carbons (Fsp3) is 0.150. The number of anilines is 1. The minimum absolute atomic E-state index is 0.127. The van der Waals surface area contributed by atoms with Gasteiger partial charge in [-0.1, -0.05) is 54.2 Å². The first-order chi connectivity index (χ1) is 25.3. The van der Waals surface area contributed by atoms with Crippen molar-refractivity contribution in [1.29, 1.82) is 5.26 Å². The normalized spacial score (nSPS) is 13.7. The highest BCUT2D eigenvalue weighted by molar-refractivity contribution is 8.00. The van der Waals surface area contributed by atoms with Crippen LogP contribution < -0.4 is 19.1 Å². The molecule has 0 aliphatic carbocycles. The van der Waals surface area contributed by atoms with Gasteiger partial charge in [0.15, 0.2) is 6.61 Å². The monoisotopic (exact) mass is 713 g/mol. The fourth-order valence-electron chi connectivity index (χ4n) is 5.72. The van der Waals surface area contributed by atoms with Gasteiger partial charge in [0.2, 0.25) is 17.6 Å². The van der Waals surface area contributed by atoms with Crippen LogP contribution in [0.5, 0.6) is 17.2 Å². The lowest BCUT2D eigenvalue weighted by molar-refractivity contribution is -0.121. The standard InChI is InChI=1S/C40H31N3O8S/c1-48-27-17-18-35(50-3)30(19-27)29-20-32(24-9-5-4-6-10-24)42-38(31(29)22-41)52-36-21-37(45)43(39(36)46)26-15-13-25(14-16-26)40(47)51-23-33(44)28-11-7-8-12-34(28)49-2/h4-20,36H,21,23H2,1-3H3. The Morgan fingerprint density at radius 3 is 2.25 bits per heavy atom. The summed E-state index contributed by atoms with van der Waals surface area (Å²) < 4.78 is 21.5. The summed E-state index contributed by atoms with van der Waals surface area (Å²) in [5, 5.41) is 9.85. The van der Waals surface area contributed by atoms with E-state index in [0.29, 0.717) is 34.1 Å². The minimum atomic E-state index is -0.885. The number of rotatable bonds is 12. The third kappa shape index (κ3) is 7.21. The van der Waals surface area contributed by atoms with E-state index in [1.165, 1.54) is 38.5 Å². The van der Waals surface area contributed by atoms with E-state index in [-0.39, 0.29) is 33.8 Å². The number of amides is 2. The number of Topliss-reactive ketones (excluding diaryl/α,β-unsaturated/α-hetero) is 1. The Kier molecular flexibility index (Phi) is 10.6. The molecule has 1 unspecified atom stereocenters. The predicted octanol–water partition coefficient (Wildman–Crippen LogP) is 6.78. The van der Waals surface area contributed by atoms with Crippen LogP contribution in [0.2, 0.25) is 0 Å². The summed E-state index contributed by atoms with van der Waals surface area (Å²) in [7, 11) is 4.52. The molecule has 12 heteroatoms. The number of pyridine rings is 1. The van der Waals surface area contributed by atoms with Gasteiger partial charge in [0.05, 0.1) is 54.7 Å². The largest absolute Gasteiger partial charge is 0.497 e. The Hall–Kier alpha value is -6.45. The van der Waals surface area contributed by atoms with Crippen LogP contribution >= 0.6 is 11.8 Å². The Bertz CT molecular complexity index is 2220. The zero-order valence-electron chi connectivity index (χ0n) is 28.3. The summed E-state index contributed by atoms with van der Waals surface area (Å²) in [6.45, 7) is -0.501. The third-order valence-electron chi connectivity index (χ3n) is 8.33. The van der Waals surface area contributed by atoms with E-state index in [0.717, 1.165) is 22.2 Å². The second kappa shape index (κ2) is 15.6. The Balaban J connectivity index is 1.24. The van der Waals surface area contributed by atoms with Gasteiger partial charge in [-0.15, -0.1) is 0 Å². The van der Waals surface area contributed by atoms with Crippen LogP contribution in [0, 0.1) is 11.3 Å². The maximum atomic E-state index is 13.8. The van der Waals surface area contributed by atoms with Gasteiger partial charge in [-0.3, -0.25) is 14.4 Å². The average Bonchev–Trinajstić information content (AvgIpc) is 3.47. The van der Waals surface area contributed by atoms with E-state index in [2.05, 4.69) is 6.07 Å². The molecule has 6 rings (SSSR count). The van der Waals surface area contributed by atoms with Gasteiger partial charge < -0.3 is 18.9 Å². The average molecular weight is 714 g/mol. The highest BCUT2D eigenvalue weighted by Gasteiger charge is 2.41. The van der Waals surface area contributed by atoms with Crippen molar-refractivity contribution in [1.82, 2.24) is 4.98 Å². The number of benzene rings is 4. The van der Waals surface area contributed by atoms with Crippen molar-refractivity contribution in [3.05, 3.63) is 120 Å². The third-order valence-corrected chi connectivity index (χ3v) is 9.50. The number of hydrogen-bond donors (Lipinski definition) is 0. The molecule has 1 atom stereocenters. The number of carbonyl (C=O) groups excluding carboxylic acids is 4. The van der Waals surface area contributed by atoms with E-state index in [1.54, 1.807) is 55.6 Å². The van der Waals surface area contributed by atoms with E-state index in [9.17, 15) is 24.4 Å². The first-order valence-electron chi connectivity index (χ1n) is 16.0. The molecule has 1 aliphatic rings. The van der Waals surface area contributed by atoms with E-state index in [4.69, 9.17) is 23.9 Å². The van der Waals surface area contributed by atoms with Gasteiger partial charge in [0.25, 0.3) is 0 Å². The number of ketones is 1. The maximum Gasteiger partial charge on any atom is 0.338 e. The Labute approximate surface area is 303 Å². The van der Waals surface area contributed by atoms with Crippen molar-refractivity contribution in [3.63, 3.8) is 0 Å². The topological polar surface area (TPSA) is 145 Å². The van der Waals surface area contributed by atoms with Crippen LogP contribution in [0.4, 0.5) is 5.69 Å². The molecule has 1 fully saturated rings. The number of imide groups is 1. The molecule has 5 aromatic rings. The number of nitriles is 1. The first-order valence-corrected chi connectivity index (χ1v) is 16.8. The quantitative estimate of drug-likeness (QED) is 0.0767. The van der Waals surface area contributed by atoms with Crippen LogP contribution in [0.25, 0.3) is 22.4 Å². The highest BCUT2D eigenvalue weighted by Crippen LogP contribution is 2.42. The molecular formula is C40H31N3O8S. The van der Waals surface area contributed by atoms with Crippen molar-refractivity contribution >= 4 is 41.0 Å². The second-order valence-corrected chi connectivity index (χ2v) is 12.6. The molecule has 0 spiro atoms. The fourth-order valence-corrected chi connectivity index (χ4v) is 6.85. The summed E-state index contributed by atoms with van der Waals surface area (Å²) in [4.78, 5) is 58.3. The number of hydrogen-bond acceptors (Lipinski definition) is 11. The molecule has 0 N–H and O–H groups in total. The SMILES string of the molecule is COc1ccc(OC)c(-c2cc(-c3ccccc3)nc(SC3CC(=O)N(c4ccc(C(=O)OCC(=O)c5ccccc5OC)cc4)C3=O)c2C#N)c1. The van der Waals surface area contributed by atoms with E-state index >= 15 is 0 Å². The molecule has 2 amide bonds. The van der Waals surface area contributed by atoms with Crippen LogP contribution in [-0.2, 0) is 14.3 Å². The van der Waals surface area contributed by atoms with Crippen LogP contribution in [-0.4, -0.2) is 61.7 Å². The smallest absolute Gasteiger partial charge is 0.338 e. The Morgan fingerprint density at radius 2 is 1.56 bits per heavy atom. The zero-order valence-corrected chi connectivity index (χ0v) is 29.1. The van der Waals surface area contributed by atoms with Gasteiger partial charge in [-0.2, -0.15) is 5.26 Å². The van der Waals surface area contributed by atoms with Crippen molar-refractivity contribution in [2.45, 2.75) is 16.7 Å². The van der Waals surface area contributed by atoms with Gasteiger partial charge in [0, 0.05) is 23.1 Å². The van der Waals surface area contributed by atoms with E-state index < -0.39 is 35.4 Å². The Morgan fingerprint density at radius 1 is 0.846 bits per heavy atom. The lowest BCUT2D eigenvalue weighted by atomic mass is 9.98. The lowest BCUT2D eigenvalue weighted by Gasteiger charge is -2.17. The number of thioether (sulfide) groups is 1. The molecule has 0 bridgehead atoms. The number of carbonyl (C=O) groups is 4. The van der Waals surface area contributed by atoms with Crippen LogP contribution in [0.3, 0.4) is 0 Å². The molecule has 1 aliphatic heterocycles. The molecular weight excluding hydrogens is 683 g/mol. The molecule has 52 heavy (non-hydrogen) atoms. The van der Waals surface area contributed by atoms with Crippen molar-refractivity contribution in [3.8, 4) is 45.7 Å². The highest BCUT2D eigenvalue weighted by atomic mass is 32.2. The second-order valence-electron chi connectivity index (χ2n) is 11.4. The molecule has 1 aromatic heterocycles. The maximum absolute atomic E-state index is 13.8. The number of aromatic nitrogens is 1. The molecule has 2 heterocycles. The summed E-state index contributed by atoms with van der Waals surface area (Å²) in [5.74, 6) is -0.703. The predicted molar refractivity (Wildman–Crippen MR) is 194 cm³/mol. The molecule has 11 nitrogen and oxygen atoms in total. The molecule has 260 valence electrons. The number of ether oxygens (including phenoxy) is 4. The molecule has 0 radical (unpaired) electrons. The summed E-state index contributed by atoms with van der Waals surface area (Å²) >= 11 is 1.04. The number of esters is 1. The van der Waals surface area contributed by atoms with Crippen LogP contribution in [0.15, 0.2) is 108 Å². The number of nitrogens with zero attached hydrogens (tertiary/aromatic N) is 3. The van der Waals surface area contributed by atoms with Crippen molar-refractivity contribution < 1.29 is 38.1 Å². The minimum Gasteiger partial charge on any atom is -0.497 e. The van der Waals surface area contributed by atoms with Gasteiger partial charge in [-0.25, -0.2) is 14.7 Å². The van der Waals surface area contributed by atoms with Gasteiger partial charge in [0.1, 0.15) is 28.3 Å². The zero-order chi connectivity index (χ0) is 36.8.